The van der Waals surface area contributed by atoms with Crippen molar-refractivity contribution in [3.05, 3.63) is 7.05 Å². The lowest BCUT2D eigenvalue weighted by molar-refractivity contribution is 0.738. The largest absolute Gasteiger partial charge is 0.318 e. The molecule has 0 aromatic rings. The average molecular weight is 86.1 g/mol. The molecular weight excluding hydrogens is 76.1 g/mol. The van der Waals surface area contributed by atoms with Crippen molar-refractivity contribution in [3.8, 4) is 0 Å². The van der Waals surface area contributed by atoms with Crippen LogP contribution in [0.5, 0.6) is 0 Å². The highest BCUT2D eigenvalue weighted by Crippen LogP contribution is 1.46. The highest BCUT2D eigenvalue weighted by molar-refractivity contribution is 4.42. The molecule has 0 aromatic heterocycles. The summed E-state index contributed by atoms with van der Waals surface area (Å²) in [6.07, 6.45) is 0. The van der Waals surface area contributed by atoms with E-state index in [1.165, 1.54) is 0 Å². The van der Waals surface area contributed by atoms with E-state index in [2.05, 4.69) is 10.6 Å². The molecule has 0 saturated carbocycles. The molecule has 2 nitrogen and oxygen atoms in total. The Morgan fingerprint density at radius 2 is 2.17 bits per heavy atom. The Balaban J connectivity index is 2.34. The van der Waals surface area contributed by atoms with E-state index in [0.717, 1.165) is 13.1 Å². The van der Waals surface area contributed by atoms with Crippen molar-refractivity contribution < 1.29 is 0 Å². The average Bonchev–Trinajstić information content (AvgIpc) is 1.61. The topological polar surface area (TPSA) is 24.1 Å². The van der Waals surface area contributed by atoms with Crippen molar-refractivity contribution in [1.29, 1.82) is 0 Å². The summed E-state index contributed by atoms with van der Waals surface area (Å²) >= 11 is 0. The fourth-order valence-electron chi connectivity index (χ4n) is 0.197. The molecule has 0 fully saturated rings. The highest BCUT2D eigenvalue weighted by atomic mass is 14.9. The molecule has 0 aliphatic heterocycles. The van der Waals surface area contributed by atoms with Gasteiger partial charge in [0, 0.05) is 20.1 Å². The monoisotopic (exact) mass is 86.1 g/mol. The van der Waals surface area contributed by atoms with E-state index in [-0.39, 0.29) is 0 Å². The second kappa shape index (κ2) is 4.92. The molecule has 0 saturated heterocycles. The zero-order valence-corrected chi connectivity index (χ0v) is 3.99. The maximum atomic E-state index is 4.92. The van der Waals surface area contributed by atoms with Crippen molar-refractivity contribution in [2.24, 2.45) is 0 Å². The lowest BCUT2D eigenvalue weighted by Crippen LogP contribution is -2.19. The van der Waals surface area contributed by atoms with Gasteiger partial charge in [0.1, 0.15) is 0 Å². The minimum Gasteiger partial charge on any atom is -0.318 e. The summed E-state index contributed by atoms with van der Waals surface area (Å²) in [5.74, 6) is 0. The SMILES string of the molecule is [CH]NCCNC. The van der Waals surface area contributed by atoms with Crippen LogP contribution in [0.15, 0.2) is 0 Å². The van der Waals surface area contributed by atoms with Gasteiger partial charge in [0.25, 0.3) is 0 Å². The van der Waals surface area contributed by atoms with E-state index in [1.807, 2.05) is 7.05 Å². The van der Waals surface area contributed by atoms with Gasteiger partial charge >= 0.3 is 0 Å². The first-order valence-corrected chi connectivity index (χ1v) is 2.00. The van der Waals surface area contributed by atoms with Gasteiger partial charge in [-0.1, -0.05) is 0 Å². The Morgan fingerprint density at radius 3 is 2.33 bits per heavy atom. The third-order valence-electron chi connectivity index (χ3n) is 0.519. The smallest absolute Gasteiger partial charge is 0.0408 e. The Hall–Kier alpha value is -0.0800. The Labute approximate surface area is 38.9 Å². The molecule has 0 spiro atoms. The molecule has 0 amide bonds. The molecule has 0 heterocycles. The van der Waals surface area contributed by atoms with Crippen LogP contribution in [0.4, 0.5) is 0 Å². The molecule has 2 heteroatoms. The van der Waals surface area contributed by atoms with Gasteiger partial charge in [-0.2, -0.15) is 0 Å². The molecule has 6 heavy (non-hydrogen) atoms. The van der Waals surface area contributed by atoms with Gasteiger partial charge in [0.15, 0.2) is 0 Å². The lowest BCUT2D eigenvalue weighted by atomic mass is 10.6. The third kappa shape index (κ3) is 3.92. The van der Waals surface area contributed by atoms with Gasteiger partial charge in [-0.3, -0.25) is 0 Å². The first-order chi connectivity index (χ1) is 2.91. The molecule has 0 unspecified atom stereocenters. The van der Waals surface area contributed by atoms with E-state index < -0.39 is 0 Å². The first kappa shape index (κ1) is 5.92. The van der Waals surface area contributed by atoms with Crippen LogP contribution in [0.25, 0.3) is 0 Å². The quantitative estimate of drug-likeness (QED) is 0.356. The summed E-state index contributed by atoms with van der Waals surface area (Å²) in [4.78, 5) is 0. The highest BCUT2D eigenvalue weighted by Gasteiger charge is 1.71. The van der Waals surface area contributed by atoms with Gasteiger partial charge in [0.05, 0.1) is 0 Å². The molecule has 0 aliphatic rings. The summed E-state index contributed by atoms with van der Waals surface area (Å²) in [6, 6.07) is 0. The van der Waals surface area contributed by atoms with Crippen LogP contribution in [0.2, 0.25) is 0 Å². The molecule has 2 radical (unpaired) electrons. The Kier molecular flexibility index (Phi) is 4.85. The Bertz CT molecular complexity index is 17.5. The first-order valence-electron chi connectivity index (χ1n) is 2.00. The van der Waals surface area contributed by atoms with Crippen LogP contribution in [-0.2, 0) is 0 Å². The van der Waals surface area contributed by atoms with Crippen LogP contribution >= 0.6 is 0 Å². The van der Waals surface area contributed by atoms with Crippen LogP contribution < -0.4 is 10.6 Å². The van der Waals surface area contributed by atoms with Crippen LogP contribution in [0, 0.1) is 7.05 Å². The molecule has 0 aliphatic carbocycles. The number of nitrogens with one attached hydrogen (secondary N) is 2. The molecule has 2 N–H and O–H groups in total. The summed E-state index contributed by atoms with van der Waals surface area (Å²) in [6.45, 7) is 1.76. The minimum atomic E-state index is 0.830. The third-order valence-corrected chi connectivity index (χ3v) is 0.519. The molecule has 0 rings (SSSR count). The maximum Gasteiger partial charge on any atom is 0.0408 e. The number of hydrogen-bond donors (Lipinski definition) is 2. The van der Waals surface area contributed by atoms with Gasteiger partial charge < -0.3 is 10.6 Å². The number of likely N-dealkylation sites (N-methyl/N-ethyl adjacent to an activating group) is 1. The maximum absolute atomic E-state index is 4.92. The summed E-state index contributed by atoms with van der Waals surface area (Å²) in [5.41, 5.74) is 0. The van der Waals surface area contributed by atoms with Crippen molar-refractivity contribution in [3.63, 3.8) is 0 Å². The van der Waals surface area contributed by atoms with Crippen molar-refractivity contribution >= 4 is 0 Å². The molecule has 36 valence electrons. The summed E-state index contributed by atoms with van der Waals surface area (Å²) in [7, 11) is 6.81. The van der Waals surface area contributed by atoms with E-state index in [1.54, 1.807) is 0 Å². The Morgan fingerprint density at radius 1 is 1.50 bits per heavy atom. The van der Waals surface area contributed by atoms with Crippen molar-refractivity contribution in [2.75, 3.05) is 20.1 Å². The summed E-state index contributed by atoms with van der Waals surface area (Å²) < 4.78 is 0. The second-order valence-electron chi connectivity index (χ2n) is 1.06. The van der Waals surface area contributed by atoms with E-state index in [9.17, 15) is 0 Å². The zero-order valence-electron chi connectivity index (χ0n) is 3.99. The lowest BCUT2D eigenvalue weighted by Gasteiger charge is -1.92. The van der Waals surface area contributed by atoms with Crippen LogP contribution in [0.3, 0.4) is 0 Å². The minimum absolute atomic E-state index is 0.830. The van der Waals surface area contributed by atoms with E-state index in [0.29, 0.717) is 0 Å². The molecule has 0 aromatic carbocycles. The standard InChI is InChI=1S/C4H10N2/c1-5-3-4-6-2/h1,5-6H,3-4H2,2H3. The van der Waals surface area contributed by atoms with Gasteiger partial charge in [-0.05, 0) is 7.05 Å². The van der Waals surface area contributed by atoms with Crippen molar-refractivity contribution in [1.82, 2.24) is 10.6 Å². The number of rotatable bonds is 3. The second-order valence-corrected chi connectivity index (χ2v) is 1.06. The predicted octanol–water partition coefficient (Wildman–Crippen LogP) is -0.536. The van der Waals surface area contributed by atoms with Gasteiger partial charge in [-0.15, -0.1) is 0 Å². The normalized spacial score (nSPS) is 9.00. The van der Waals surface area contributed by atoms with Gasteiger partial charge in [-0.25, -0.2) is 0 Å². The fourth-order valence-corrected chi connectivity index (χ4v) is 0.197. The fraction of sp³-hybridized carbons (Fsp3) is 0.750. The molecule has 0 atom stereocenters. The van der Waals surface area contributed by atoms with Crippen LogP contribution in [-0.4, -0.2) is 20.1 Å². The van der Waals surface area contributed by atoms with E-state index >= 15 is 0 Å². The van der Waals surface area contributed by atoms with Crippen LogP contribution in [0.1, 0.15) is 0 Å². The van der Waals surface area contributed by atoms with E-state index in [4.69, 9.17) is 7.05 Å². The van der Waals surface area contributed by atoms with Gasteiger partial charge in [0.2, 0.25) is 0 Å². The molecule has 0 bridgehead atoms. The summed E-state index contributed by atoms with van der Waals surface area (Å²) in [5, 5.41) is 5.43. The number of hydrogen-bond acceptors (Lipinski definition) is 2. The van der Waals surface area contributed by atoms with Crippen molar-refractivity contribution in [2.45, 2.75) is 0 Å². The molecular formula is C4H10N2. The predicted molar refractivity (Wildman–Crippen MR) is 26.2 cm³/mol. The zero-order chi connectivity index (χ0) is 4.83.